The smallest absolute Gasteiger partial charge is 0.0870 e. The Morgan fingerprint density at radius 1 is 0.256 bits per heavy atom. The molecule has 0 amide bonds. The summed E-state index contributed by atoms with van der Waals surface area (Å²) in [6.45, 7) is 36.6. The van der Waals surface area contributed by atoms with Crippen molar-refractivity contribution in [2.75, 3.05) is 0 Å². The molecule has 7 aromatic rings. The van der Waals surface area contributed by atoms with Crippen molar-refractivity contribution in [3.63, 3.8) is 0 Å². The van der Waals surface area contributed by atoms with Gasteiger partial charge in [-0.1, -0.05) is 182 Å². The van der Waals surface area contributed by atoms with Gasteiger partial charge in [0.15, 0.2) is 0 Å². The molecule has 0 bridgehead atoms. The molecular formula is C78H98N8O4. The Morgan fingerprint density at radius 3 is 0.611 bits per heavy atom. The molecule has 0 radical (unpaired) electrons. The van der Waals surface area contributed by atoms with Crippen LogP contribution in [0.25, 0.3) is 0 Å². The van der Waals surface area contributed by atoms with Crippen LogP contribution in [0.4, 0.5) is 0 Å². The van der Waals surface area contributed by atoms with Crippen molar-refractivity contribution in [2.24, 2.45) is 11.8 Å². The Hall–Kier alpha value is -5.94. The second kappa shape index (κ2) is 23.0. The topological polar surface area (TPSA) is 98.0 Å². The number of rotatable bonds is 18. The SMILES string of the molecule is CC1(C)c2ccccc2C(C)(C)N1NOC1CCC(ONN2C(C)(C)c3ccccc3C2(C)C)C1C(c1ccccc1)c1ccc(C(c2ccccc2)C2C(ONN3C(C)(C)c4ccccc4C3(C)C)CCC2ONN2C(C)(C)c3ccccc3C2(C)C)cc1. The van der Waals surface area contributed by atoms with Gasteiger partial charge in [-0.3, -0.25) is 19.4 Å². The second-order valence-corrected chi connectivity index (χ2v) is 30.7. The molecule has 4 N–H and O–H groups in total. The highest BCUT2D eigenvalue weighted by Crippen LogP contribution is 2.54. The van der Waals surface area contributed by atoms with Gasteiger partial charge in [0.1, 0.15) is 0 Å². The Labute approximate surface area is 536 Å². The molecule has 90 heavy (non-hydrogen) atoms. The summed E-state index contributed by atoms with van der Waals surface area (Å²) in [6.07, 6.45) is 2.20. The molecule has 12 nitrogen and oxygen atoms in total. The molecule has 7 aromatic carbocycles. The highest BCUT2D eigenvalue weighted by molar-refractivity contribution is 5.47. The Bertz CT molecular complexity index is 3160. The van der Waals surface area contributed by atoms with Crippen LogP contribution in [0.2, 0.25) is 0 Å². The fraction of sp³-hybridized carbons (Fsp3) is 0.462. The fourth-order valence-electron chi connectivity index (χ4n) is 18.2. The molecular weight excluding hydrogens is 1110 g/mol. The standard InChI is InChI=1S/C78H98N8O4/c1-71(2)55-35-23-24-36-56(55)72(3,4)83(71)79-87-63-47-48-64(88-80-84-73(5,6)57-37-25-26-38-58(57)74(84,7)8)69(63)67(51-31-19-17-20-32-51)53-43-45-54(46-44-53)68(52-33-21-18-22-34-52)70-65(89-81-85-75(9,10)59-39-27-28-40-60(59)76(85,11)12)49-50-66(70)90-82-86-77(13,14)61-41-29-30-42-62(61)78(86,15)16/h17-46,63-70,79-82H,47-50H2,1-16H3. The zero-order valence-electron chi connectivity index (χ0n) is 56.2. The number of hydrogen-bond acceptors (Lipinski definition) is 12. The molecule has 6 aliphatic rings. The minimum absolute atomic E-state index is 0.121. The highest BCUT2D eigenvalue weighted by Gasteiger charge is 2.56. The minimum Gasteiger partial charge on any atom is -0.283 e. The Kier molecular flexibility index (Phi) is 16.0. The van der Waals surface area contributed by atoms with E-state index in [4.69, 9.17) is 19.4 Å². The summed E-state index contributed by atoms with van der Waals surface area (Å²) in [5, 5.41) is 9.26. The van der Waals surface area contributed by atoms with Crippen LogP contribution in [0, 0.1) is 11.8 Å². The molecule has 0 saturated heterocycles. The van der Waals surface area contributed by atoms with Gasteiger partial charge in [-0.15, -0.1) is 22.4 Å². The summed E-state index contributed by atoms with van der Waals surface area (Å²) in [6, 6.07) is 66.9. The van der Waals surface area contributed by atoms with Crippen molar-refractivity contribution in [1.82, 2.24) is 42.4 Å². The summed E-state index contributed by atoms with van der Waals surface area (Å²) in [4.78, 5) is 29.1. The molecule has 474 valence electrons. The van der Waals surface area contributed by atoms with Gasteiger partial charge in [-0.25, -0.2) is 20.0 Å². The summed E-state index contributed by atoms with van der Waals surface area (Å²) in [5.41, 5.74) is 27.0. The highest BCUT2D eigenvalue weighted by atomic mass is 16.7. The van der Waals surface area contributed by atoms with Crippen molar-refractivity contribution in [1.29, 1.82) is 0 Å². The van der Waals surface area contributed by atoms with E-state index in [0.29, 0.717) is 0 Å². The third kappa shape index (κ3) is 10.2. The molecule has 2 aliphatic carbocycles. The first-order valence-electron chi connectivity index (χ1n) is 33.2. The van der Waals surface area contributed by atoms with E-state index in [1.165, 1.54) is 66.8 Å². The molecule has 4 aliphatic heterocycles. The number of nitrogens with one attached hydrogen (secondary N) is 4. The van der Waals surface area contributed by atoms with E-state index >= 15 is 0 Å². The van der Waals surface area contributed by atoms with E-state index < -0.39 is 0 Å². The van der Waals surface area contributed by atoms with Gasteiger partial charge in [0.2, 0.25) is 0 Å². The van der Waals surface area contributed by atoms with E-state index in [-0.39, 0.29) is 92.4 Å². The van der Waals surface area contributed by atoms with Crippen LogP contribution in [0.5, 0.6) is 0 Å². The maximum Gasteiger partial charge on any atom is 0.0870 e. The van der Waals surface area contributed by atoms with Crippen molar-refractivity contribution in [3.8, 4) is 0 Å². The van der Waals surface area contributed by atoms with E-state index in [2.05, 4.69) is 335 Å². The van der Waals surface area contributed by atoms with Crippen LogP contribution in [-0.2, 0) is 63.7 Å². The lowest BCUT2D eigenvalue weighted by molar-refractivity contribution is -0.217. The van der Waals surface area contributed by atoms with E-state index in [1.54, 1.807) is 0 Å². The maximum absolute atomic E-state index is 7.29. The van der Waals surface area contributed by atoms with Crippen molar-refractivity contribution >= 4 is 0 Å². The molecule has 0 spiro atoms. The Balaban J connectivity index is 0.869. The van der Waals surface area contributed by atoms with Crippen LogP contribution in [0.1, 0.15) is 215 Å². The number of nitrogens with zero attached hydrogens (tertiary/aromatic N) is 4. The van der Waals surface area contributed by atoms with Gasteiger partial charge in [0.25, 0.3) is 0 Å². The number of hydrazine groups is 4. The summed E-state index contributed by atoms with van der Waals surface area (Å²) >= 11 is 0. The molecule has 4 heterocycles. The molecule has 2 fully saturated rings. The van der Waals surface area contributed by atoms with E-state index in [0.717, 1.165) is 25.7 Å². The lowest BCUT2D eigenvalue weighted by Gasteiger charge is -2.43. The largest absolute Gasteiger partial charge is 0.283 e. The van der Waals surface area contributed by atoms with E-state index in [9.17, 15) is 0 Å². The van der Waals surface area contributed by atoms with Gasteiger partial charge in [0.05, 0.1) is 68.7 Å². The molecule has 6 atom stereocenters. The van der Waals surface area contributed by atoms with Gasteiger partial charge < -0.3 is 0 Å². The first-order chi connectivity index (χ1) is 42.7. The van der Waals surface area contributed by atoms with Gasteiger partial charge in [0, 0.05) is 23.7 Å². The Morgan fingerprint density at radius 2 is 0.422 bits per heavy atom. The number of benzene rings is 7. The lowest BCUT2D eigenvalue weighted by atomic mass is 9.75. The predicted molar refractivity (Wildman–Crippen MR) is 358 cm³/mol. The first kappa shape index (κ1) is 62.8. The molecule has 12 heteroatoms. The summed E-state index contributed by atoms with van der Waals surface area (Å²) < 4.78 is 0. The lowest BCUT2D eigenvalue weighted by Crippen LogP contribution is -2.56. The number of hydrogen-bond donors (Lipinski definition) is 4. The number of fused-ring (bicyclic) bond motifs is 4. The molecule has 6 unspecified atom stereocenters. The normalized spacial score (nSPS) is 27.1. The summed E-state index contributed by atoms with van der Waals surface area (Å²) in [5.74, 6) is -0.503. The quantitative estimate of drug-likeness (QED) is 0.0616. The maximum atomic E-state index is 7.29. The van der Waals surface area contributed by atoms with Crippen molar-refractivity contribution < 1.29 is 19.4 Å². The third-order valence-electron chi connectivity index (χ3n) is 22.6. The molecule has 13 rings (SSSR count). The van der Waals surface area contributed by atoms with Crippen molar-refractivity contribution in [3.05, 3.63) is 249 Å². The summed E-state index contributed by atoms with van der Waals surface area (Å²) in [7, 11) is 0. The first-order valence-corrected chi connectivity index (χ1v) is 33.2. The van der Waals surface area contributed by atoms with Crippen molar-refractivity contribution in [2.45, 2.75) is 217 Å². The van der Waals surface area contributed by atoms with Crippen LogP contribution < -0.4 is 22.4 Å². The van der Waals surface area contributed by atoms with Crippen LogP contribution in [0.15, 0.2) is 182 Å². The fourth-order valence-corrected chi connectivity index (χ4v) is 18.2. The third-order valence-corrected chi connectivity index (χ3v) is 22.6. The molecule has 0 aromatic heterocycles. The molecule has 2 saturated carbocycles. The van der Waals surface area contributed by atoms with Gasteiger partial charge >= 0.3 is 0 Å². The minimum atomic E-state index is -0.350. The zero-order chi connectivity index (χ0) is 63.6. The van der Waals surface area contributed by atoms with E-state index in [1.807, 2.05) is 0 Å². The average molecular weight is 1210 g/mol. The van der Waals surface area contributed by atoms with Crippen LogP contribution in [0.3, 0.4) is 0 Å². The van der Waals surface area contributed by atoms with Gasteiger partial charge in [-0.05, 0) is 203 Å². The zero-order valence-corrected chi connectivity index (χ0v) is 56.2. The van der Waals surface area contributed by atoms with Crippen LogP contribution >= 0.6 is 0 Å². The van der Waals surface area contributed by atoms with Gasteiger partial charge in [-0.2, -0.15) is 0 Å². The van der Waals surface area contributed by atoms with Crippen LogP contribution in [-0.4, -0.2) is 44.5 Å². The second-order valence-electron chi connectivity index (χ2n) is 30.7. The average Bonchev–Trinajstić information content (AvgIpc) is 1.60. The monoisotopic (exact) mass is 1210 g/mol. The predicted octanol–water partition coefficient (Wildman–Crippen LogP) is 15.9.